The molecule has 0 aliphatic heterocycles. The fraction of sp³-hybridized carbons (Fsp3) is 0.333. The number of nitrogens with zero attached hydrogens (tertiary/aromatic N) is 2. The average molecular weight is 370 g/mol. The maximum Gasteiger partial charge on any atom is 0.182 e. The molecule has 0 amide bonds. The molecule has 0 saturated heterocycles. The Morgan fingerprint density at radius 2 is 2.04 bits per heavy atom. The number of amidine groups is 1. The lowest BCUT2D eigenvalue weighted by Crippen LogP contribution is -2.14. The van der Waals surface area contributed by atoms with Crippen molar-refractivity contribution in [2.24, 2.45) is 10.1 Å². The van der Waals surface area contributed by atoms with Gasteiger partial charge in [-0.1, -0.05) is 61.0 Å². The quantitative estimate of drug-likeness (QED) is 0.281. The van der Waals surface area contributed by atoms with Crippen LogP contribution in [-0.4, -0.2) is 18.5 Å². The van der Waals surface area contributed by atoms with E-state index in [0.29, 0.717) is 0 Å². The van der Waals surface area contributed by atoms with Crippen LogP contribution in [0.1, 0.15) is 37.3 Å². The van der Waals surface area contributed by atoms with Gasteiger partial charge in [-0.3, -0.25) is 5.43 Å². The maximum absolute atomic E-state index is 5.28. The number of ether oxygens (including phenoxy) is 1. The third-order valence-electron chi connectivity index (χ3n) is 3.68. The van der Waals surface area contributed by atoms with Crippen molar-refractivity contribution in [3.8, 4) is 5.75 Å². The van der Waals surface area contributed by atoms with E-state index in [1.165, 1.54) is 17.5 Å². The molecule has 2 aromatic rings. The normalized spacial score (nSPS) is 11.7. The Labute approximate surface area is 160 Å². The number of hydrogen-bond donors (Lipinski definition) is 1. The molecule has 0 spiro atoms. The monoisotopic (exact) mass is 369 g/mol. The van der Waals surface area contributed by atoms with Crippen LogP contribution >= 0.6 is 11.8 Å². The predicted molar refractivity (Wildman–Crippen MR) is 114 cm³/mol. The molecule has 0 unspecified atom stereocenters. The molecule has 0 atom stereocenters. The number of methoxy groups -OCH3 is 1. The van der Waals surface area contributed by atoms with Crippen LogP contribution in [0.25, 0.3) is 0 Å². The standard InChI is InChI=1S/C21H27N3OS/c1-4-5-6-13-22-24-21(23-19-11-8-12-20(15-19)25-3)26-16-18-10-7-9-17(2)14-18/h7-15H,4-6,16H2,1-3H3,(H,23,24)/b22-13+. The fourth-order valence-corrected chi connectivity index (χ4v) is 3.07. The first-order chi connectivity index (χ1) is 12.7. The summed E-state index contributed by atoms with van der Waals surface area (Å²) in [6.45, 7) is 4.28. The van der Waals surface area contributed by atoms with E-state index >= 15 is 0 Å². The Balaban J connectivity index is 2.09. The van der Waals surface area contributed by atoms with Gasteiger partial charge in [-0.2, -0.15) is 5.10 Å². The summed E-state index contributed by atoms with van der Waals surface area (Å²) >= 11 is 1.64. The first kappa shape index (κ1) is 20.0. The lowest BCUT2D eigenvalue weighted by Gasteiger charge is -2.07. The predicted octanol–water partition coefficient (Wildman–Crippen LogP) is 5.69. The Hall–Kier alpha value is -2.27. The highest BCUT2D eigenvalue weighted by atomic mass is 32.2. The van der Waals surface area contributed by atoms with Gasteiger partial charge in [0.2, 0.25) is 0 Å². The Morgan fingerprint density at radius 1 is 1.19 bits per heavy atom. The molecule has 138 valence electrons. The Bertz CT molecular complexity index is 744. The number of aliphatic imine (C=N–C) groups is 1. The molecule has 2 aromatic carbocycles. The second kappa shape index (κ2) is 11.4. The molecule has 0 fully saturated rings. The molecule has 5 heteroatoms. The van der Waals surface area contributed by atoms with Crippen molar-refractivity contribution in [3.05, 3.63) is 59.7 Å². The van der Waals surface area contributed by atoms with E-state index in [1.807, 2.05) is 30.5 Å². The lowest BCUT2D eigenvalue weighted by atomic mass is 10.2. The first-order valence-electron chi connectivity index (χ1n) is 8.90. The summed E-state index contributed by atoms with van der Waals surface area (Å²) in [5, 5.41) is 5.09. The molecule has 26 heavy (non-hydrogen) atoms. The summed E-state index contributed by atoms with van der Waals surface area (Å²) in [6.07, 6.45) is 5.19. The van der Waals surface area contributed by atoms with Gasteiger partial charge in [0.25, 0.3) is 0 Å². The smallest absolute Gasteiger partial charge is 0.182 e. The van der Waals surface area contributed by atoms with Gasteiger partial charge in [-0.25, -0.2) is 4.99 Å². The van der Waals surface area contributed by atoms with E-state index in [-0.39, 0.29) is 0 Å². The number of unbranched alkanes of at least 4 members (excludes halogenated alkanes) is 2. The van der Waals surface area contributed by atoms with Crippen molar-refractivity contribution in [2.75, 3.05) is 7.11 Å². The zero-order valence-corrected chi connectivity index (χ0v) is 16.6. The number of aryl methyl sites for hydroxylation is 1. The minimum Gasteiger partial charge on any atom is -0.497 e. The SMILES string of the molecule is CCCC/C=N/NC(=Nc1cccc(OC)c1)SCc1cccc(C)c1. The van der Waals surface area contributed by atoms with Gasteiger partial charge in [0, 0.05) is 18.0 Å². The van der Waals surface area contributed by atoms with Gasteiger partial charge in [0.1, 0.15) is 5.75 Å². The second-order valence-corrected chi connectivity index (χ2v) is 6.93. The van der Waals surface area contributed by atoms with E-state index in [1.54, 1.807) is 18.9 Å². The number of rotatable bonds is 8. The zero-order chi connectivity index (χ0) is 18.6. The lowest BCUT2D eigenvalue weighted by molar-refractivity contribution is 0.415. The van der Waals surface area contributed by atoms with E-state index in [2.05, 4.69) is 48.6 Å². The molecule has 2 rings (SSSR count). The summed E-state index contributed by atoms with van der Waals surface area (Å²) in [5.41, 5.74) is 6.46. The minimum atomic E-state index is 0.771. The Morgan fingerprint density at radius 3 is 2.81 bits per heavy atom. The number of hydrazone groups is 1. The maximum atomic E-state index is 5.28. The number of nitrogens with one attached hydrogen (secondary N) is 1. The molecular formula is C21H27N3OS. The van der Waals surface area contributed by atoms with Crippen LogP contribution in [0.2, 0.25) is 0 Å². The van der Waals surface area contributed by atoms with E-state index in [4.69, 9.17) is 9.73 Å². The van der Waals surface area contributed by atoms with E-state index < -0.39 is 0 Å². The van der Waals surface area contributed by atoms with Gasteiger partial charge in [-0.05, 0) is 37.5 Å². The summed E-state index contributed by atoms with van der Waals surface area (Å²) in [5.74, 6) is 1.63. The number of benzene rings is 2. The van der Waals surface area contributed by atoms with Gasteiger partial charge in [0.15, 0.2) is 5.17 Å². The second-order valence-electron chi connectivity index (χ2n) is 5.96. The number of hydrogen-bond acceptors (Lipinski definition) is 4. The molecule has 0 aromatic heterocycles. The van der Waals surface area contributed by atoms with Gasteiger partial charge < -0.3 is 4.74 Å². The highest BCUT2D eigenvalue weighted by molar-refractivity contribution is 8.13. The van der Waals surface area contributed by atoms with Crippen molar-refractivity contribution in [3.63, 3.8) is 0 Å². The van der Waals surface area contributed by atoms with E-state index in [9.17, 15) is 0 Å². The molecular weight excluding hydrogens is 342 g/mol. The van der Waals surface area contributed by atoms with Crippen molar-refractivity contribution < 1.29 is 4.74 Å². The highest BCUT2D eigenvalue weighted by Gasteiger charge is 2.03. The molecule has 0 aliphatic carbocycles. The molecule has 4 nitrogen and oxygen atoms in total. The van der Waals surface area contributed by atoms with Crippen LogP contribution in [0, 0.1) is 6.92 Å². The third-order valence-corrected chi connectivity index (χ3v) is 4.61. The van der Waals surface area contributed by atoms with Crippen LogP contribution in [-0.2, 0) is 5.75 Å². The summed E-state index contributed by atoms with van der Waals surface area (Å²) < 4.78 is 5.28. The van der Waals surface area contributed by atoms with Crippen LogP contribution in [0.15, 0.2) is 58.6 Å². The summed E-state index contributed by atoms with van der Waals surface area (Å²) in [7, 11) is 1.66. The average Bonchev–Trinajstić information content (AvgIpc) is 2.66. The first-order valence-corrected chi connectivity index (χ1v) is 9.88. The number of thioether (sulfide) groups is 1. The van der Waals surface area contributed by atoms with Gasteiger partial charge >= 0.3 is 0 Å². The highest BCUT2D eigenvalue weighted by Crippen LogP contribution is 2.22. The molecule has 0 aliphatic rings. The topological polar surface area (TPSA) is 46.0 Å². The van der Waals surface area contributed by atoms with Crippen molar-refractivity contribution in [1.29, 1.82) is 0 Å². The van der Waals surface area contributed by atoms with Crippen LogP contribution < -0.4 is 10.2 Å². The fourth-order valence-electron chi connectivity index (χ4n) is 2.30. The van der Waals surface area contributed by atoms with E-state index in [0.717, 1.165) is 35.2 Å². The summed E-state index contributed by atoms with van der Waals surface area (Å²) in [4.78, 5) is 4.70. The van der Waals surface area contributed by atoms with Gasteiger partial charge in [0.05, 0.1) is 12.8 Å². The van der Waals surface area contributed by atoms with Gasteiger partial charge in [-0.15, -0.1) is 0 Å². The molecule has 0 bridgehead atoms. The van der Waals surface area contributed by atoms with Crippen molar-refractivity contribution in [1.82, 2.24) is 5.43 Å². The molecule has 1 N–H and O–H groups in total. The molecule has 0 saturated carbocycles. The minimum absolute atomic E-state index is 0.771. The van der Waals surface area contributed by atoms with Crippen molar-refractivity contribution in [2.45, 2.75) is 38.9 Å². The third kappa shape index (κ3) is 7.31. The largest absolute Gasteiger partial charge is 0.497 e. The molecule has 0 radical (unpaired) electrons. The Kier molecular flexibility index (Phi) is 8.76. The van der Waals surface area contributed by atoms with Crippen LogP contribution in [0.4, 0.5) is 5.69 Å². The zero-order valence-electron chi connectivity index (χ0n) is 15.7. The summed E-state index contributed by atoms with van der Waals surface area (Å²) in [6, 6.07) is 16.2. The van der Waals surface area contributed by atoms with Crippen molar-refractivity contribution >= 4 is 28.8 Å². The van der Waals surface area contributed by atoms with Crippen LogP contribution in [0.3, 0.4) is 0 Å². The molecule has 0 heterocycles. The van der Waals surface area contributed by atoms with Crippen LogP contribution in [0.5, 0.6) is 5.75 Å².